The molecule has 0 unspecified atom stereocenters. The fraction of sp³-hybridized carbons (Fsp3) is 0.0667. The summed E-state index contributed by atoms with van der Waals surface area (Å²) in [6, 6.07) is 10.6. The topological polar surface area (TPSA) is 237 Å². The van der Waals surface area contributed by atoms with Crippen LogP contribution in [0.4, 0.5) is 0 Å². The van der Waals surface area contributed by atoms with Gasteiger partial charge in [-0.3, -0.25) is 9.59 Å². The highest BCUT2D eigenvalue weighted by atomic mass is 16.8. The lowest BCUT2D eigenvalue weighted by Crippen LogP contribution is -2.70. The summed E-state index contributed by atoms with van der Waals surface area (Å²) < 4.78 is 23.4. The van der Waals surface area contributed by atoms with Gasteiger partial charge in [0.2, 0.25) is 11.2 Å². The highest BCUT2D eigenvalue weighted by Crippen LogP contribution is 2.56. The number of rotatable bonds is 2. The molecule has 14 nitrogen and oxygen atoms in total. The van der Waals surface area contributed by atoms with Crippen LogP contribution in [-0.4, -0.2) is 52.4 Å². The molecule has 2 atom stereocenters. The first kappa shape index (κ1) is 26.6. The zero-order valence-corrected chi connectivity index (χ0v) is 21.8. The SMILES string of the molecule is O=C1c2c(O)cc(O)cc2O[C@]2(c3ccc(O)c(O)c3)Oc3ccc(-c4oc5cc(O)cc(O)c5c(=O)c4O)cc3O[C@@]12O. The summed E-state index contributed by atoms with van der Waals surface area (Å²) in [4.78, 5) is 26.7. The summed E-state index contributed by atoms with van der Waals surface area (Å²) in [5, 5.41) is 82.8. The Labute approximate surface area is 243 Å². The molecular formula is C30H18O14. The molecule has 2 aliphatic rings. The molecule has 5 aromatic rings. The van der Waals surface area contributed by atoms with E-state index in [4.69, 9.17) is 18.6 Å². The monoisotopic (exact) mass is 602 g/mol. The van der Waals surface area contributed by atoms with Crippen LogP contribution in [-0.2, 0) is 5.79 Å². The van der Waals surface area contributed by atoms with Gasteiger partial charge in [0, 0.05) is 35.4 Å². The van der Waals surface area contributed by atoms with Gasteiger partial charge in [-0.1, -0.05) is 0 Å². The van der Waals surface area contributed by atoms with Gasteiger partial charge in [0.25, 0.3) is 5.78 Å². The van der Waals surface area contributed by atoms with Crippen molar-refractivity contribution in [1.29, 1.82) is 0 Å². The van der Waals surface area contributed by atoms with Crippen LogP contribution in [0.2, 0.25) is 0 Å². The number of carbonyl (C=O) groups is 1. The predicted molar refractivity (Wildman–Crippen MR) is 145 cm³/mol. The Morgan fingerprint density at radius 3 is 2.07 bits per heavy atom. The molecule has 0 saturated carbocycles. The van der Waals surface area contributed by atoms with Gasteiger partial charge in [-0.15, -0.1) is 0 Å². The molecule has 4 aromatic carbocycles. The second-order valence-electron chi connectivity index (χ2n) is 10.0. The van der Waals surface area contributed by atoms with Crippen molar-refractivity contribution >= 4 is 16.8 Å². The summed E-state index contributed by atoms with van der Waals surface area (Å²) in [5.41, 5.74) is -2.15. The van der Waals surface area contributed by atoms with Gasteiger partial charge in [-0.05, 0) is 36.4 Å². The lowest BCUT2D eigenvalue weighted by atomic mass is 9.85. The number of ketones is 1. The first-order valence-electron chi connectivity index (χ1n) is 12.6. The largest absolute Gasteiger partial charge is 0.508 e. The number of phenolic OH excluding ortho intramolecular Hbond substituents is 6. The van der Waals surface area contributed by atoms with Gasteiger partial charge in [-0.25, -0.2) is 0 Å². The van der Waals surface area contributed by atoms with Crippen LogP contribution in [0, 0.1) is 0 Å². The van der Waals surface area contributed by atoms with Gasteiger partial charge in [0.05, 0.1) is 0 Å². The summed E-state index contributed by atoms with van der Waals surface area (Å²) in [5.74, 6) is -12.9. The molecule has 3 heterocycles. The number of aliphatic hydroxyl groups is 1. The van der Waals surface area contributed by atoms with E-state index in [1.54, 1.807) is 0 Å². The first-order chi connectivity index (χ1) is 20.8. The van der Waals surface area contributed by atoms with Crippen LogP contribution in [0.3, 0.4) is 0 Å². The first-order valence-corrected chi connectivity index (χ1v) is 12.6. The van der Waals surface area contributed by atoms with Crippen LogP contribution >= 0.6 is 0 Å². The molecule has 222 valence electrons. The second kappa shape index (κ2) is 8.62. The highest BCUT2D eigenvalue weighted by molar-refractivity contribution is 6.08. The number of benzene rings is 4. The summed E-state index contributed by atoms with van der Waals surface area (Å²) >= 11 is 0. The highest BCUT2D eigenvalue weighted by Gasteiger charge is 2.70. The van der Waals surface area contributed by atoms with Crippen molar-refractivity contribution in [2.45, 2.75) is 11.6 Å². The second-order valence-corrected chi connectivity index (χ2v) is 10.0. The average Bonchev–Trinajstić information content (AvgIpc) is 2.95. The molecule has 7 rings (SSSR count). The van der Waals surface area contributed by atoms with Gasteiger partial charge >= 0.3 is 11.6 Å². The summed E-state index contributed by atoms with van der Waals surface area (Å²) in [6.45, 7) is 0. The van der Waals surface area contributed by atoms with Crippen molar-refractivity contribution in [3.05, 3.63) is 82.0 Å². The van der Waals surface area contributed by atoms with Crippen LogP contribution in [0.1, 0.15) is 15.9 Å². The number of ether oxygens (including phenoxy) is 3. The molecule has 1 aromatic heterocycles. The van der Waals surface area contributed by atoms with E-state index in [1.807, 2.05) is 0 Å². The van der Waals surface area contributed by atoms with Crippen LogP contribution in [0.5, 0.6) is 57.5 Å². The van der Waals surface area contributed by atoms with Crippen molar-refractivity contribution in [3.63, 3.8) is 0 Å². The zero-order chi connectivity index (χ0) is 31.3. The minimum Gasteiger partial charge on any atom is -0.508 e. The third-order valence-corrected chi connectivity index (χ3v) is 7.31. The number of hydrogen-bond acceptors (Lipinski definition) is 14. The molecule has 0 saturated heterocycles. The van der Waals surface area contributed by atoms with Crippen molar-refractivity contribution in [3.8, 4) is 68.8 Å². The van der Waals surface area contributed by atoms with Crippen LogP contribution in [0.15, 0.2) is 69.9 Å². The lowest BCUT2D eigenvalue weighted by Gasteiger charge is -2.50. The maximum Gasteiger partial charge on any atom is 0.357 e. The molecule has 0 radical (unpaired) electrons. The van der Waals surface area contributed by atoms with E-state index in [-0.39, 0.29) is 28.2 Å². The fourth-order valence-electron chi connectivity index (χ4n) is 5.28. The minimum absolute atomic E-state index is 0.0394. The smallest absolute Gasteiger partial charge is 0.357 e. The Morgan fingerprint density at radius 2 is 1.32 bits per heavy atom. The van der Waals surface area contributed by atoms with Gasteiger partial charge in [0.1, 0.15) is 45.3 Å². The van der Waals surface area contributed by atoms with Crippen molar-refractivity contribution in [2.75, 3.05) is 0 Å². The third-order valence-electron chi connectivity index (χ3n) is 7.31. The molecule has 0 aliphatic carbocycles. The van der Waals surface area contributed by atoms with E-state index >= 15 is 0 Å². The number of aromatic hydroxyl groups is 7. The number of phenols is 6. The number of fused-ring (bicyclic) bond motifs is 4. The molecule has 0 amide bonds. The Morgan fingerprint density at radius 1 is 0.614 bits per heavy atom. The third kappa shape index (κ3) is 3.45. The van der Waals surface area contributed by atoms with E-state index < -0.39 is 85.5 Å². The zero-order valence-electron chi connectivity index (χ0n) is 21.8. The quantitative estimate of drug-likeness (QED) is 0.136. The van der Waals surface area contributed by atoms with E-state index in [0.717, 1.165) is 48.5 Å². The van der Waals surface area contributed by atoms with Crippen molar-refractivity contribution < 1.29 is 64.3 Å². The molecule has 0 bridgehead atoms. The van der Waals surface area contributed by atoms with Crippen LogP contribution < -0.4 is 19.6 Å². The fourth-order valence-corrected chi connectivity index (χ4v) is 5.28. The molecule has 0 fully saturated rings. The van der Waals surface area contributed by atoms with E-state index in [9.17, 15) is 50.4 Å². The Bertz CT molecular complexity index is 2150. The van der Waals surface area contributed by atoms with E-state index in [0.29, 0.717) is 0 Å². The maximum absolute atomic E-state index is 13.9. The summed E-state index contributed by atoms with van der Waals surface area (Å²) in [7, 11) is 0. The number of carbonyl (C=O) groups excluding carboxylic acids is 1. The van der Waals surface area contributed by atoms with Gasteiger partial charge in [0.15, 0.2) is 28.8 Å². The number of Topliss-reactive ketones (excluding diaryl/α,β-unsaturated/α-hetero) is 1. The van der Waals surface area contributed by atoms with E-state index in [1.165, 1.54) is 12.1 Å². The average molecular weight is 602 g/mol. The minimum atomic E-state index is -3.15. The van der Waals surface area contributed by atoms with E-state index in [2.05, 4.69) is 0 Å². The molecule has 14 heteroatoms. The summed E-state index contributed by atoms with van der Waals surface area (Å²) in [6.07, 6.45) is 0. The Hall–Kier alpha value is -6.28. The van der Waals surface area contributed by atoms with Crippen LogP contribution in [0.25, 0.3) is 22.3 Å². The standard InChI is InChI=1S/C30H18O14/c31-13-7-17(35)23-21(9-13)41-27(26(38)25(23)37)11-1-4-19-20(5-11)42-29(40)28(39)24-18(36)8-14(32)10-22(24)44-30(29,43-19)12-2-3-15(33)16(34)6-12/h1-10,31-36,38,40H/t29-,30-/m0/s1. The van der Waals surface area contributed by atoms with Gasteiger partial charge in [-0.2, -0.15) is 0 Å². The lowest BCUT2D eigenvalue weighted by molar-refractivity contribution is -0.316. The number of hydrogen-bond donors (Lipinski definition) is 8. The van der Waals surface area contributed by atoms with Crippen molar-refractivity contribution in [2.24, 2.45) is 0 Å². The maximum atomic E-state index is 13.9. The Kier molecular flexibility index (Phi) is 5.21. The predicted octanol–water partition coefficient (Wildman–Crippen LogP) is 2.99. The van der Waals surface area contributed by atoms with Gasteiger partial charge < -0.3 is 59.5 Å². The molecular weight excluding hydrogens is 584 g/mol. The molecule has 8 N–H and O–H groups in total. The molecule has 0 spiro atoms. The Balaban J connectivity index is 1.43. The molecule has 2 aliphatic heterocycles. The van der Waals surface area contributed by atoms with Crippen molar-refractivity contribution in [1.82, 2.24) is 0 Å². The normalized spacial score (nSPS) is 20.1. The molecule has 44 heavy (non-hydrogen) atoms.